The molecule has 0 atom stereocenters. The van der Waals surface area contributed by atoms with Crippen LogP contribution in [0, 0.1) is 5.82 Å². The Kier molecular flexibility index (Phi) is 4.34. The van der Waals surface area contributed by atoms with E-state index in [0.717, 1.165) is 42.8 Å². The van der Waals surface area contributed by atoms with Crippen molar-refractivity contribution in [3.63, 3.8) is 0 Å². The van der Waals surface area contributed by atoms with Crippen molar-refractivity contribution in [2.45, 2.75) is 6.54 Å². The van der Waals surface area contributed by atoms with Gasteiger partial charge in [0, 0.05) is 49.9 Å². The number of phenolic OH excluding ortho intramolecular Hbond substituents is 1. The van der Waals surface area contributed by atoms with Gasteiger partial charge >= 0.3 is 5.63 Å². The van der Waals surface area contributed by atoms with E-state index in [1.807, 2.05) is 0 Å². The lowest BCUT2D eigenvalue weighted by Gasteiger charge is -2.36. The zero-order valence-electron chi connectivity index (χ0n) is 14.2. The quantitative estimate of drug-likeness (QED) is 0.733. The van der Waals surface area contributed by atoms with Gasteiger partial charge in [0.25, 0.3) is 0 Å². The normalized spacial score (nSPS) is 15.5. The zero-order valence-corrected chi connectivity index (χ0v) is 14.2. The molecule has 1 N–H and O–H groups in total. The topological polar surface area (TPSA) is 56.9 Å². The van der Waals surface area contributed by atoms with E-state index in [1.54, 1.807) is 24.3 Å². The molecule has 26 heavy (non-hydrogen) atoms. The number of halogens is 1. The van der Waals surface area contributed by atoms with E-state index in [2.05, 4.69) is 9.80 Å². The van der Waals surface area contributed by atoms with E-state index < -0.39 is 0 Å². The fourth-order valence-electron chi connectivity index (χ4n) is 3.40. The maximum absolute atomic E-state index is 13.1. The molecule has 0 unspecified atom stereocenters. The maximum atomic E-state index is 13.1. The smallest absolute Gasteiger partial charge is 0.336 e. The van der Waals surface area contributed by atoms with E-state index >= 15 is 0 Å². The van der Waals surface area contributed by atoms with Crippen molar-refractivity contribution in [1.29, 1.82) is 0 Å². The molecule has 0 radical (unpaired) electrons. The molecule has 0 bridgehead atoms. The number of phenols is 1. The molecular formula is C20H19FN2O3. The second-order valence-electron chi connectivity index (χ2n) is 6.51. The molecule has 0 spiro atoms. The molecule has 2 heterocycles. The fraction of sp³-hybridized carbons (Fsp3) is 0.250. The Labute approximate surface area is 149 Å². The molecule has 2 aromatic carbocycles. The summed E-state index contributed by atoms with van der Waals surface area (Å²) in [5.74, 6) is -0.0841. The van der Waals surface area contributed by atoms with Gasteiger partial charge in [0.2, 0.25) is 0 Å². The van der Waals surface area contributed by atoms with Crippen LogP contribution in [0.5, 0.6) is 5.75 Å². The molecule has 3 aromatic rings. The summed E-state index contributed by atoms with van der Waals surface area (Å²) in [6.07, 6.45) is 0. The Balaban J connectivity index is 1.49. The van der Waals surface area contributed by atoms with Gasteiger partial charge < -0.3 is 14.4 Å². The van der Waals surface area contributed by atoms with Gasteiger partial charge in [-0.2, -0.15) is 0 Å². The van der Waals surface area contributed by atoms with E-state index in [9.17, 15) is 14.3 Å². The van der Waals surface area contributed by atoms with Gasteiger partial charge in [-0.05, 0) is 48.0 Å². The van der Waals surface area contributed by atoms with Crippen molar-refractivity contribution in [3.05, 3.63) is 70.3 Å². The Morgan fingerprint density at radius 3 is 2.46 bits per heavy atom. The van der Waals surface area contributed by atoms with Gasteiger partial charge in [0.05, 0.1) is 0 Å². The predicted octanol–water partition coefficient (Wildman–Crippen LogP) is 2.96. The zero-order chi connectivity index (χ0) is 18.1. The van der Waals surface area contributed by atoms with Crippen LogP contribution in [-0.4, -0.2) is 36.2 Å². The average Bonchev–Trinajstić information content (AvgIpc) is 2.64. The minimum atomic E-state index is -0.386. The van der Waals surface area contributed by atoms with Crippen molar-refractivity contribution < 1.29 is 13.9 Å². The highest BCUT2D eigenvalue weighted by molar-refractivity contribution is 5.81. The van der Waals surface area contributed by atoms with Crippen LogP contribution in [0.3, 0.4) is 0 Å². The SMILES string of the molecule is O=c1cc(CN2CCN(c3ccc(F)cc3)CC2)c2cc(O)ccc2o1. The van der Waals surface area contributed by atoms with Crippen molar-refractivity contribution >= 4 is 16.7 Å². The second kappa shape index (κ2) is 6.80. The Hall–Kier alpha value is -2.86. The molecule has 0 saturated carbocycles. The highest BCUT2D eigenvalue weighted by Crippen LogP contribution is 2.24. The number of hydrogen-bond donors (Lipinski definition) is 1. The summed E-state index contributed by atoms with van der Waals surface area (Å²) >= 11 is 0. The molecule has 6 heteroatoms. The molecule has 1 saturated heterocycles. The lowest BCUT2D eigenvalue weighted by molar-refractivity contribution is 0.250. The first-order chi connectivity index (χ1) is 12.6. The first kappa shape index (κ1) is 16.6. The van der Waals surface area contributed by atoms with E-state index in [4.69, 9.17) is 4.42 Å². The summed E-state index contributed by atoms with van der Waals surface area (Å²) in [6.45, 7) is 3.94. The van der Waals surface area contributed by atoms with Gasteiger partial charge in [-0.1, -0.05) is 0 Å². The van der Waals surface area contributed by atoms with Crippen LogP contribution in [0.4, 0.5) is 10.1 Å². The van der Waals surface area contributed by atoms with Crippen LogP contribution in [0.1, 0.15) is 5.56 Å². The fourth-order valence-corrected chi connectivity index (χ4v) is 3.40. The molecular weight excluding hydrogens is 335 g/mol. The van der Waals surface area contributed by atoms with Crippen LogP contribution in [0.2, 0.25) is 0 Å². The summed E-state index contributed by atoms with van der Waals surface area (Å²) in [5, 5.41) is 10.5. The number of hydrogen-bond acceptors (Lipinski definition) is 5. The second-order valence-corrected chi connectivity index (χ2v) is 6.51. The highest BCUT2D eigenvalue weighted by Gasteiger charge is 2.19. The number of benzene rings is 2. The third-order valence-corrected chi connectivity index (χ3v) is 4.77. The molecule has 0 aliphatic carbocycles. The number of aromatic hydroxyl groups is 1. The van der Waals surface area contributed by atoms with E-state index in [0.29, 0.717) is 12.1 Å². The van der Waals surface area contributed by atoms with Crippen LogP contribution in [-0.2, 0) is 6.54 Å². The van der Waals surface area contributed by atoms with Gasteiger partial charge in [-0.15, -0.1) is 0 Å². The van der Waals surface area contributed by atoms with Crippen molar-refractivity contribution in [2.24, 2.45) is 0 Å². The first-order valence-corrected chi connectivity index (χ1v) is 8.57. The van der Waals surface area contributed by atoms with E-state index in [-0.39, 0.29) is 17.2 Å². The third kappa shape index (κ3) is 3.41. The largest absolute Gasteiger partial charge is 0.508 e. The Morgan fingerprint density at radius 1 is 1.00 bits per heavy atom. The molecule has 1 aromatic heterocycles. The van der Waals surface area contributed by atoms with Crippen LogP contribution in [0.25, 0.3) is 11.0 Å². The van der Waals surface area contributed by atoms with Crippen molar-refractivity contribution in [2.75, 3.05) is 31.1 Å². The van der Waals surface area contributed by atoms with Crippen LogP contribution in [0.15, 0.2) is 57.7 Å². The lowest BCUT2D eigenvalue weighted by atomic mass is 10.1. The minimum absolute atomic E-state index is 0.147. The number of piperazine rings is 1. The number of rotatable bonds is 3. The summed E-state index contributed by atoms with van der Waals surface area (Å²) < 4.78 is 18.3. The van der Waals surface area contributed by atoms with Crippen LogP contribution < -0.4 is 10.5 Å². The predicted molar refractivity (Wildman–Crippen MR) is 98.0 cm³/mol. The highest BCUT2D eigenvalue weighted by atomic mass is 19.1. The van der Waals surface area contributed by atoms with Gasteiger partial charge in [-0.3, -0.25) is 4.90 Å². The number of anilines is 1. The lowest BCUT2D eigenvalue weighted by Crippen LogP contribution is -2.46. The number of fused-ring (bicyclic) bond motifs is 1. The van der Waals surface area contributed by atoms with E-state index in [1.165, 1.54) is 24.3 Å². The Morgan fingerprint density at radius 2 is 1.73 bits per heavy atom. The monoisotopic (exact) mass is 354 g/mol. The summed E-state index contributed by atoms with van der Waals surface area (Å²) in [7, 11) is 0. The van der Waals surface area contributed by atoms with Gasteiger partial charge in [0.15, 0.2) is 0 Å². The summed E-state index contributed by atoms with van der Waals surface area (Å²) in [6, 6.07) is 12.8. The van der Waals surface area contributed by atoms with Gasteiger partial charge in [-0.25, -0.2) is 9.18 Å². The molecule has 1 aliphatic rings. The van der Waals surface area contributed by atoms with Crippen LogP contribution >= 0.6 is 0 Å². The minimum Gasteiger partial charge on any atom is -0.508 e. The molecule has 1 aliphatic heterocycles. The van der Waals surface area contributed by atoms with Crippen molar-refractivity contribution in [1.82, 2.24) is 4.90 Å². The average molecular weight is 354 g/mol. The maximum Gasteiger partial charge on any atom is 0.336 e. The number of nitrogens with zero attached hydrogens (tertiary/aromatic N) is 2. The molecule has 5 nitrogen and oxygen atoms in total. The van der Waals surface area contributed by atoms with Gasteiger partial charge in [0.1, 0.15) is 17.1 Å². The van der Waals surface area contributed by atoms with Crippen molar-refractivity contribution in [3.8, 4) is 5.75 Å². The first-order valence-electron chi connectivity index (χ1n) is 8.57. The molecule has 134 valence electrons. The molecule has 1 fully saturated rings. The Bertz CT molecular complexity index is 977. The summed E-state index contributed by atoms with van der Waals surface area (Å²) in [4.78, 5) is 16.3. The molecule has 4 rings (SSSR count). The molecule has 0 amide bonds. The summed E-state index contributed by atoms with van der Waals surface area (Å²) in [5.41, 5.74) is 1.96. The standard InChI is InChI=1S/C20H19FN2O3/c21-15-1-3-16(4-2-15)23-9-7-22(8-10-23)13-14-11-20(25)26-19-6-5-17(24)12-18(14)19/h1-6,11-12,24H,7-10,13H2. The third-order valence-electron chi connectivity index (χ3n) is 4.77.